The highest BCUT2D eigenvalue weighted by Crippen LogP contribution is 2.36. The number of amides is 3. The lowest BCUT2D eigenvalue weighted by atomic mass is 9.75. The number of likely N-dealkylation sites (N-methyl/N-ethyl adjacent to an activating group) is 1. The molecule has 31 heavy (non-hydrogen) atoms. The third-order valence-corrected chi connectivity index (χ3v) is 7.86. The number of rotatable bonds is 18. The van der Waals surface area contributed by atoms with Crippen molar-refractivity contribution >= 4 is 11.9 Å². The summed E-state index contributed by atoms with van der Waals surface area (Å²) in [6, 6.07) is -0.159. The van der Waals surface area contributed by atoms with Crippen molar-refractivity contribution in [3.63, 3.8) is 0 Å². The van der Waals surface area contributed by atoms with Crippen molar-refractivity contribution < 1.29 is 19.4 Å². The summed E-state index contributed by atoms with van der Waals surface area (Å²) in [5.41, 5.74) is 0.304. The molecule has 1 N–H and O–H groups in total. The Balaban J connectivity index is 2.27. The molecule has 0 aliphatic carbocycles. The van der Waals surface area contributed by atoms with E-state index in [2.05, 4.69) is 27.7 Å². The molecule has 0 saturated carbocycles. The molecular formula is C25H48N2O4. The van der Waals surface area contributed by atoms with Gasteiger partial charge in [0.2, 0.25) is 5.91 Å². The second-order valence-corrected chi connectivity index (χ2v) is 9.53. The van der Waals surface area contributed by atoms with Gasteiger partial charge in [-0.1, -0.05) is 53.4 Å². The molecule has 0 aromatic rings. The van der Waals surface area contributed by atoms with Gasteiger partial charge in [-0.15, -0.1) is 0 Å². The SMILES string of the molecule is CCC(CC)(CCO)CCCCOCCCCC(CC)(CC)CN1C(=O)CN(C)C1=O. The molecule has 182 valence electrons. The quantitative estimate of drug-likeness (QED) is 0.234. The van der Waals surface area contributed by atoms with Crippen LogP contribution in [0.2, 0.25) is 0 Å². The van der Waals surface area contributed by atoms with E-state index in [1.165, 1.54) is 16.2 Å². The molecule has 1 fully saturated rings. The van der Waals surface area contributed by atoms with Crippen LogP contribution in [0.3, 0.4) is 0 Å². The first-order chi connectivity index (χ1) is 14.8. The van der Waals surface area contributed by atoms with Gasteiger partial charge < -0.3 is 14.7 Å². The molecular weight excluding hydrogens is 392 g/mol. The molecule has 1 aliphatic heterocycles. The van der Waals surface area contributed by atoms with E-state index in [9.17, 15) is 14.7 Å². The van der Waals surface area contributed by atoms with Gasteiger partial charge in [0.05, 0.1) is 0 Å². The van der Waals surface area contributed by atoms with Crippen LogP contribution in [0.15, 0.2) is 0 Å². The number of hydrogen-bond acceptors (Lipinski definition) is 4. The van der Waals surface area contributed by atoms with Crippen molar-refractivity contribution in [1.82, 2.24) is 9.80 Å². The van der Waals surface area contributed by atoms with Gasteiger partial charge in [-0.05, 0) is 55.8 Å². The van der Waals surface area contributed by atoms with Gasteiger partial charge in [0.1, 0.15) is 6.54 Å². The minimum absolute atomic E-state index is 0.00679. The van der Waals surface area contributed by atoms with Gasteiger partial charge >= 0.3 is 6.03 Å². The number of imide groups is 1. The molecule has 0 atom stereocenters. The van der Waals surface area contributed by atoms with E-state index in [0.717, 1.165) is 77.4 Å². The smallest absolute Gasteiger partial charge is 0.326 e. The third kappa shape index (κ3) is 8.38. The predicted octanol–water partition coefficient (Wildman–Crippen LogP) is 5.23. The lowest BCUT2D eigenvalue weighted by Gasteiger charge is -2.35. The Morgan fingerprint density at radius 1 is 0.839 bits per heavy atom. The molecule has 6 heteroatoms. The van der Waals surface area contributed by atoms with Crippen LogP contribution in [0.25, 0.3) is 0 Å². The number of ether oxygens (including phenoxy) is 1. The van der Waals surface area contributed by atoms with Crippen molar-refractivity contribution in [2.75, 3.05) is 40.0 Å². The Kier molecular flexibility index (Phi) is 12.7. The molecule has 1 saturated heterocycles. The average Bonchev–Trinajstić information content (AvgIpc) is 3.01. The molecule has 0 radical (unpaired) electrons. The van der Waals surface area contributed by atoms with Gasteiger partial charge in [-0.2, -0.15) is 0 Å². The fraction of sp³-hybridized carbons (Fsp3) is 0.920. The first-order valence-electron chi connectivity index (χ1n) is 12.6. The summed E-state index contributed by atoms with van der Waals surface area (Å²) in [7, 11) is 1.69. The van der Waals surface area contributed by atoms with Crippen LogP contribution in [0.5, 0.6) is 0 Å². The fourth-order valence-corrected chi connectivity index (χ4v) is 4.90. The average molecular weight is 441 g/mol. The number of carbonyl (C=O) groups excluding carboxylic acids is 2. The third-order valence-electron chi connectivity index (χ3n) is 7.86. The summed E-state index contributed by atoms with van der Waals surface area (Å²) in [5.74, 6) is -0.0729. The van der Waals surface area contributed by atoms with E-state index in [0.29, 0.717) is 12.0 Å². The molecule has 0 aromatic heterocycles. The van der Waals surface area contributed by atoms with E-state index >= 15 is 0 Å². The Morgan fingerprint density at radius 3 is 1.77 bits per heavy atom. The normalized spacial score (nSPS) is 15.4. The maximum absolute atomic E-state index is 12.3. The standard InChI is InChI=1S/C25H48N2O4/c1-6-24(7-2,16-17-28)14-10-12-18-31-19-13-11-15-25(8-3,9-4)21-27-22(29)20-26(5)23(27)30/h28H,6-21H2,1-5H3. The Labute approximate surface area is 190 Å². The number of carbonyl (C=O) groups is 2. The van der Waals surface area contributed by atoms with Crippen molar-refractivity contribution in [2.45, 2.75) is 98.3 Å². The van der Waals surface area contributed by atoms with Crippen LogP contribution >= 0.6 is 0 Å². The summed E-state index contributed by atoms with van der Waals surface area (Å²) >= 11 is 0. The largest absolute Gasteiger partial charge is 0.396 e. The van der Waals surface area contributed by atoms with E-state index in [-0.39, 0.29) is 30.5 Å². The maximum atomic E-state index is 12.3. The molecule has 6 nitrogen and oxygen atoms in total. The van der Waals surface area contributed by atoms with E-state index in [1.54, 1.807) is 7.05 Å². The monoisotopic (exact) mass is 440 g/mol. The second kappa shape index (κ2) is 14.1. The van der Waals surface area contributed by atoms with Gasteiger partial charge in [-0.3, -0.25) is 9.69 Å². The van der Waals surface area contributed by atoms with E-state index in [1.807, 2.05) is 0 Å². The molecule has 0 unspecified atom stereocenters. The zero-order valence-electron chi connectivity index (χ0n) is 20.9. The molecule has 1 heterocycles. The zero-order chi connectivity index (χ0) is 23.3. The summed E-state index contributed by atoms with van der Waals surface area (Å²) in [6.45, 7) is 11.4. The van der Waals surface area contributed by atoms with E-state index < -0.39 is 0 Å². The van der Waals surface area contributed by atoms with Crippen LogP contribution in [-0.2, 0) is 9.53 Å². The molecule has 0 aromatic carbocycles. The first-order valence-corrected chi connectivity index (χ1v) is 12.6. The Morgan fingerprint density at radius 2 is 1.35 bits per heavy atom. The molecule has 1 aliphatic rings. The highest BCUT2D eigenvalue weighted by atomic mass is 16.5. The van der Waals surface area contributed by atoms with Gasteiger partial charge in [0.25, 0.3) is 0 Å². The number of nitrogens with zero attached hydrogens (tertiary/aromatic N) is 2. The van der Waals surface area contributed by atoms with Gasteiger partial charge in [0, 0.05) is 33.4 Å². The van der Waals surface area contributed by atoms with Crippen LogP contribution in [0.1, 0.15) is 98.3 Å². The fourth-order valence-electron chi connectivity index (χ4n) is 4.90. The molecule has 0 spiro atoms. The van der Waals surface area contributed by atoms with Crippen molar-refractivity contribution in [3.8, 4) is 0 Å². The lowest BCUT2D eigenvalue weighted by Crippen LogP contribution is -2.41. The lowest BCUT2D eigenvalue weighted by molar-refractivity contribution is -0.126. The predicted molar refractivity (Wildman–Crippen MR) is 126 cm³/mol. The Hall–Kier alpha value is -1.14. The van der Waals surface area contributed by atoms with E-state index in [4.69, 9.17) is 4.74 Å². The highest BCUT2D eigenvalue weighted by molar-refractivity contribution is 6.01. The summed E-state index contributed by atoms with van der Waals surface area (Å²) < 4.78 is 5.86. The molecule has 1 rings (SSSR count). The maximum Gasteiger partial charge on any atom is 0.326 e. The van der Waals surface area contributed by atoms with Crippen LogP contribution in [0, 0.1) is 10.8 Å². The number of aliphatic hydroxyl groups is 1. The molecule has 3 amide bonds. The minimum atomic E-state index is -0.159. The number of aliphatic hydroxyl groups excluding tert-OH is 1. The van der Waals surface area contributed by atoms with Crippen LogP contribution in [-0.4, -0.2) is 66.8 Å². The van der Waals surface area contributed by atoms with Gasteiger partial charge in [0.15, 0.2) is 0 Å². The van der Waals surface area contributed by atoms with Gasteiger partial charge in [-0.25, -0.2) is 4.79 Å². The number of unbranched alkanes of at least 4 members (excludes halogenated alkanes) is 2. The van der Waals surface area contributed by atoms with Crippen molar-refractivity contribution in [3.05, 3.63) is 0 Å². The van der Waals surface area contributed by atoms with Crippen molar-refractivity contribution in [2.24, 2.45) is 10.8 Å². The number of urea groups is 1. The minimum Gasteiger partial charge on any atom is -0.396 e. The first kappa shape index (κ1) is 27.9. The summed E-state index contributed by atoms with van der Waals surface area (Å²) in [6.07, 6.45) is 11.6. The second-order valence-electron chi connectivity index (χ2n) is 9.53. The van der Waals surface area contributed by atoms with Crippen molar-refractivity contribution in [1.29, 1.82) is 0 Å². The Bertz CT molecular complexity index is 530. The number of hydrogen-bond donors (Lipinski definition) is 1. The summed E-state index contributed by atoms with van der Waals surface area (Å²) in [5, 5.41) is 9.33. The summed E-state index contributed by atoms with van der Waals surface area (Å²) in [4.78, 5) is 27.4. The van der Waals surface area contributed by atoms with Crippen LogP contribution in [0.4, 0.5) is 4.79 Å². The topological polar surface area (TPSA) is 70.1 Å². The highest BCUT2D eigenvalue weighted by Gasteiger charge is 2.39. The van der Waals surface area contributed by atoms with Crippen LogP contribution < -0.4 is 0 Å². The zero-order valence-corrected chi connectivity index (χ0v) is 20.9. The molecule has 0 bridgehead atoms.